The van der Waals surface area contributed by atoms with Crippen LogP contribution in [0, 0.1) is 0 Å². The van der Waals surface area contributed by atoms with Crippen LogP contribution in [0.25, 0.3) is 0 Å². The highest BCUT2D eigenvalue weighted by Gasteiger charge is 2.26. The first-order chi connectivity index (χ1) is 11.5. The van der Waals surface area contributed by atoms with Crippen LogP contribution in [-0.4, -0.2) is 27.9 Å². The van der Waals surface area contributed by atoms with Gasteiger partial charge in [-0.15, -0.1) is 0 Å². The SMILES string of the molecule is CCOC(=O)c1cccc(CS(=O)C(C(=O)O)c2ccccc2)c1. The first kappa shape index (κ1) is 17.9. The minimum absolute atomic E-state index is 0.0408. The molecule has 24 heavy (non-hydrogen) atoms. The van der Waals surface area contributed by atoms with E-state index < -0.39 is 28.0 Å². The smallest absolute Gasteiger partial charge is 0.338 e. The molecule has 0 aromatic heterocycles. The number of hydrogen-bond acceptors (Lipinski definition) is 4. The lowest BCUT2D eigenvalue weighted by Gasteiger charge is -2.13. The fourth-order valence-electron chi connectivity index (χ4n) is 2.28. The summed E-state index contributed by atoms with van der Waals surface area (Å²) < 4.78 is 17.5. The summed E-state index contributed by atoms with van der Waals surface area (Å²) in [5.41, 5.74) is 1.48. The molecule has 0 saturated carbocycles. The summed E-state index contributed by atoms with van der Waals surface area (Å²) in [7, 11) is -1.67. The maximum absolute atomic E-state index is 12.6. The molecular weight excluding hydrogens is 328 g/mol. The molecular formula is C18H18O5S. The largest absolute Gasteiger partial charge is 0.480 e. The summed E-state index contributed by atoms with van der Waals surface area (Å²) in [6, 6.07) is 15.1. The van der Waals surface area contributed by atoms with E-state index in [2.05, 4.69) is 0 Å². The lowest BCUT2D eigenvalue weighted by atomic mass is 10.1. The summed E-state index contributed by atoms with van der Waals surface area (Å²) in [4.78, 5) is 23.3. The van der Waals surface area contributed by atoms with Crippen LogP contribution in [0.3, 0.4) is 0 Å². The van der Waals surface area contributed by atoms with Crippen molar-refractivity contribution in [2.75, 3.05) is 6.61 Å². The zero-order chi connectivity index (χ0) is 17.5. The minimum atomic E-state index is -1.67. The predicted octanol–water partition coefficient (Wildman–Crippen LogP) is 2.94. The molecule has 2 aromatic rings. The van der Waals surface area contributed by atoms with Gasteiger partial charge in [0.2, 0.25) is 0 Å². The average Bonchev–Trinajstić information content (AvgIpc) is 2.56. The fourth-order valence-corrected chi connectivity index (χ4v) is 3.65. The predicted molar refractivity (Wildman–Crippen MR) is 91.1 cm³/mol. The number of hydrogen-bond donors (Lipinski definition) is 1. The molecule has 0 aliphatic rings. The van der Waals surface area contributed by atoms with E-state index in [4.69, 9.17) is 4.74 Å². The topological polar surface area (TPSA) is 80.7 Å². The second kappa shape index (κ2) is 8.40. The first-order valence-corrected chi connectivity index (χ1v) is 8.82. The Labute approximate surface area is 142 Å². The second-order valence-electron chi connectivity index (χ2n) is 5.07. The molecule has 0 amide bonds. The van der Waals surface area contributed by atoms with Crippen LogP contribution >= 0.6 is 0 Å². The van der Waals surface area contributed by atoms with E-state index >= 15 is 0 Å². The Morgan fingerprint density at radius 3 is 2.46 bits per heavy atom. The Bertz CT molecular complexity index is 742. The van der Waals surface area contributed by atoms with E-state index in [1.165, 1.54) is 0 Å². The number of benzene rings is 2. The highest BCUT2D eigenvalue weighted by molar-refractivity contribution is 7.85. The average molecular weight is 346 g/mol. The van der Waals surface area contributed by atoms with Gasteiger partial charge >= 0.3 is 11.9 Å². The molecule has 2 atom stereocenters. The van der Waals surface area contributed by atoms with Gasteiger partial charge in [-0.2, -0.15) is 0 Å². The second-order valence-corrected chi connectivity index (χ2v) is 6.60. The van der Waals surface area contributed by atoms with Crippen molar-refractivity contribution in [1.82, 2.24) is 0 Å². The Morgan fingerprint density at radius 1 is 1.12 bits per heavy atom. The van der Waals surface area contributed by atoms with Crippen LogP contribution in [0.4, 0.5) is 0 Å². The van der Waals surface area contributed by atoms with Gasteiger partial charge in [-0.25, -0.2) is 4.79 Å². The maximum Gasteiger partial charge on any atom is 0.338 e. The molecule has 5 nitrogen and oxygen atoms in total. The number of esters is 1. The van der Waals surface area contributed by atoms with E-state index in [-0.39, 0.29) is 12.4 Å². The third-order valence-electron chi connectivity index (χ3n) is 3.34. The first-order valence-electron chi connectivity index (χ1n) is 7.44. The van der Waals surface area contributed by atoms with Crippen molar-refractivity contribution in [2.45, 2.75) is 17.9 Å². The van der Waals surface area contributed by atoms with Gasteiger partial charge in [-0.3, -0.25) is 9.00 Å². The third-order valence-corrected chi connectivity index (χ3v) is 4.95. The molecule has 0 saturated heterocycles. The van der Waals surface area contributed by atoms with Gasteiger partial charge in [-0.1, -0.05) is 42.5 Å². The Kier molecular flexibility index (Phi) is 6.26. The summed E-state index contributed by atoms with van der Waals surface area (Å²) in [5.74, 6) is -1.55. The van der Waals surface area contributed by atoms with Crippen LogP contribution < -0.4 is 0 Å². The molecule has 0 spiro atoms. The van der Waals surface area contributed by atoms with Gasteiger partial charge in [-0.05, 0) is 30.2 Å². The number of carboxylic acids is 1. The lowest BCUT2D eigenvalue weighted by Crippen LogP contribution is -2.18. The van der Waals surface area contributed by atoms with E-state index in [0.717, 1.165) is 0 Å². The zero-order valence-corrected chi connectivity index (χ0v) is 14.0. The lowest BCUT2D eigenvalue weighted by molar-refractivity contribution is -0.136. The van der Waals surface area contributed by atoms with Crippen molar-refractivity contribution in [3.05, 3.63) is 71.3 Å². The van der Waals surface area contributed by atoms with Crippen molar-refractivity contribution in [2.24, 2.45) is 0 Å². The van der Waals surface area contributed by atoms with Crippen molar-refractivity contribution >= 4 is 22.7 Å². The highest BCUT2D eigenvalue weighted by Crippen LogP contribution is 2.23. The van der Waals surface area contributed by atoms with Crippen molar-refractivity contribution in [3.63, 3.8) is 0 Å². The monoisotopic (exact) mass is 346 g/mol. The van der Waals surface area contributed by atoms with Gasteiger partial charge < -0.3 is 9.84 Å². The van der Waals surface area contributed by atoms with Crippen LogP contribution in [-0.2, 0) is 26.1 Å². The van der Waals surface area contributed by atoms with Gasteiger partial charge in [0.15, 0.2) is 5.25 Å². The number of aliphatic carboxylic acids is 1. The summed E-state index contributed by atoms with van der Waals surface area (Å²) in [6.45, 7) is 1.98. The molecule has 0 bridgehead atoms. The maximum atomic E-state index is 12.6. The summed E-state index contributed by atoms with van der Waals surface area (Å²) in [6.07, 6.45) is 0. The van der Waals surface area contributed by atoms with Gasteiger partial charge in [0, 0.05) is 16.6 Å². The molecule has 1 N–H and O–H groups in total. The molecule has 0 aliphatic heterocycles. The van der Waals surface area contributed by atoms with Crippen LogP contribution in [0.2, 0.25) is 0 Å². The van der Waals surface area contributed by atoms with Crippen molar-refractivity contribution in [1.29, 1.82) is 0 Å². The van der Waals surface area contributed by atoms with Gasteiger partial charge in [0.1, 0.15) is 0 Å². The Hall–Kier alpha value is -2.47. The fraction of sp³-hybridized carbons (Fsp3) is 0.222. The number of carbonyl (C=O) groups excluding carboxylic acids is 1. The van der Waals surface area contributed by atoms with Crippen LogP contribution in [0.5, 0.6) is 0 Å². The van der Waals surface area contributed by atoms with Crippen molar-refractivity contribution in [3.8, 4) is 0 Å². The van der Waals surface area contributed by atoms with Crippen LogP contribution in [0.1, 0.15) is 33.7 Å². The van der Waals surface area contributed by atoms with Crippen LogP contribution in [0.15, 0.2) is 54.6 Å². The standard InChI is InChI=1S/C18H18O5S/c1-2-23-18(21)15-10-6-7-13(11-15)12-24(22)16(17(19)20)14-8-4-3-5-9-14/h3-11,16H,2,12H2,1H3,(H,19,20). The molecule has 126 valence electrons. The Balaban J connectivity index is 2.20. The van der Waals surface area contributed by atoms with E-state index in [0.29, 0.717) is 16.7 Å². The van der Waals surface area contributed by atoms with Gasteiger partial charge in [0.05, 0.1) is 12.2 Å². The molecule has 0 radical (unpaired) electrons. The quantitative estimate of drug-likeness (QED) is 0.780. The molecule has 2 rings (SSSR count). The molecule has 0 heterocycles. The van der Waals surface area contributed by atoms with E-state index in [9.17, 15) is 18.9 Å². The zero-order valence-electron chi connectivity index (χ0n) is 13.2. The molecule has 2 aromatic carbocycles. The Morgan fingerprint density at radius 2 is 1.83 bits per heavy atom. The molecule has 6 heteroatoms. The molecule has 0 aliphatic carbocycles. The third kappa shape index (κ3) is 4.52. The van der Waals surface area contributed by atoms with E-state index in [1.807, 2.05) is 0 Å². The van der Waals surface area contributed by atoms with Crippen molar-refractivity contribution < 1.29 is 23.6 Å². The minimum Gasteiger partial charge on any atom is -0.480 e. The normalized spacial score (nSPS) is 13.0. The van der Waals surface area contributed by atoms with Gasteiger partial charge in [0.25, 0.3) is 0 Å². The summed E-state index contributed by atoms with van der Waals surface area (Å²) >= 11 is 0. The number of ether oxygens (including phenoxy) is 1. The summed E-state index contributed by atoms with van der Waals surface area (Å²) in [5, 5.41) is 8.31. The van der Waals surface area contributed by atoms with E-state index in [1.54, 1.807) is 61.5 Å². The number of carbonyl (C=O) groups is 2. The number of rotatable bonds is 7. The highest BCUT2D eigenvalue weighted by atomic mass is 32.2. The molecule has 2 unspecified atom stereocenters. The number of carboxylic acid groups (broad SMARTS) is 1. The molecule has 0 fully saturated rings.